The van der Waals surface area contributed by atoms with Crippen molar-refractivity contribution in [3.8, 4) is 6.07 Å². The van der Waals surface area contributed by atoms with Crippen molar-refractivity contribution < 1.29 is 0 Å². The van der Waals surface area contributed by atoms with Gasteiger partial charge in [-0.1, -0.05) is 13.0 Å². The maximum absolute atomic E-state index is 8.64. The number of rotatable bonds is 5. The second-order valence-electron chi connectivity index (χ2n) is 5.14. The molecule has 6 heteroatoms. The fraction of sp³-hybridized carbons (Fsp3) is 0.429. The highest BCUT2D eigenvalue weighted by molar-refractivity contribution is 7.99. The monoisotopic (exact) mass is 325 g/mol. The lowest BCUT2D eigenvalue weighted by atomic mass is 10.1. The summed E-state index contributed by atoms with van der Waals surface area (Å²) < 4.78 is 0. The summed E-state index contributed by atoms with van der Waals surface area (Å²) in [5.41, 5.74) is 8.89. The number of aliphatic imine (C=N–C) groups is 1. The van der Waals surface area contributed by atoms with Gasteiger partial charge in [0.15, 0.2) is 0 Å². The highest BCUT2D eigenvalue weighted by Gasteiger charge is 2.13. The number of hydrogen-bond donors (Lipinski definition) is 1. The van der Waals surface area contributed by atoms with Crippen LogP contribution in [0.15, 0.2) is 22.0 Å². The van der Waals surface area contributed by atoms with Crippen molar-refractivity contribution in [1.82, 2.24) is 0 Å². The minimum absolute atomic E-state index is 0.116. The quantitative estimate of drug-likeness (QED) is 0.388. The molecule has 1 aromatic carbocycles. The van der Waals surface area contributed by atoms with Gasteiger partial charge in [-0.15, -0.1) is 30.2 Å². The molecule has 1 rings (SSSR count). The molecular weight excluding hydrogens is 304 g/mol. The molecule has 0 heterocycles. The van der Waals surface area contributed by atoms with Gasteiger partial charge in [-0.2, -0.15) is 5.26 Å². The first-order chi connectivity index (χ1) is 9.23. The van der Waals surface area contributed by atoms with Gasteiger partial charge in [0.05, 0.1) is 18.2 Å². The van der Waals surface area contributed by atoms with Crippen LogP contribution in [-0.4, -0.2) is 16.5 Å². The van der Waals surface area contributed by atoms with E-state index in [0.717, 1.165) is 17.0 Å². The smallest absolute Gasteiger partial charge is 0.114 e. The van der Waals surface area contributed by atoms with E-state index in [1.165, 1.54) is 10.5 Å². The van der Waals surface area contributed by atoms with Crippen molar-refractivity contribution in [3.63, 3.8) is 0 Å². The molecule has 20 heavy (non-hydrogen) atoms. The third-order valence-electron chi connectivity index (χ3n) is 2.56. The Morgan fingerprint density at radius 3 is 2.60 bits per heavy atom. The van der Waals surface area contributed by atoms with Crippen LogP contribution in [0.3, 0.4) is 0 Å². The molecule has 0 bridgehead atoms. The van der Waals surface area contributed by atoms with Gasteiger partial charge in [0.2, 0.25) is 0 Å². The predicted octanol–water partition coefficient (Wildman–Crippen LogP) is 3.76. The Balaban J connectivity index is 3.04. The number of thioether (sulfide) groups is 1. The topological polar surface area (TPSA) is 62.2 Å². The predicted molar refractivity (Wildman–Crippen MR) is 96.0 cm³/mol. The van der Waals surface area contributed by atoms with Crippen LogP contribution in [0.25, 0.3) is 0 Å². The van der Waals surface area contributed by atoms with E-state index in [4.69, 9.17) is 11.0 Å². The van der Waals surface area contributed by atoms with Gasteiger partial charge in [-0.25, -0.2) is 4.99 Å². The zero-order valence-electron chi connectivity index (χ0n) is 12.1. The van der Waals surface area contributed by atoms with Crippen molar-refractivity contribution >= 4 is 41.8 Å². The van der Waals surface area contributed by atoms with E-state index >= 15 is 0 Å². The van der Waals surface area contributed by atoms with Gasteiger partial charge in [0.25, 0.3) is 0 Å². The van der Waals surface area contributed by atoms with Crippen molar-refractivity contribution in [1.29, 1.82) is 5.26 Å². The first-order valence-electron chi connectivity index (χ1n) is 6.25. The van der Waals surface area contributed by atoms with E-state index in [9.17, 15) is 0 Å². The van der Waals surface area contributed by atoms with E-state index in [1.807, 2.05) is 13.0 Å². The average Bonchev–Trinajstić information content (AvgIpc) is 2.30. The molecule has 1 aromatic rings. The molecule has 0 aliphatic rings. The lowest BCUT2D eigenvalue weighted by Gasteiger charge is -2.18. The molecule has 0 fully saturated rings. The summed E-state index contributed by atoms with van der Waals surface area (Å²) in [4.78, 5) is 5.66. The average molecular weight is 325 g/mol. The van der Waals surface area contributed by atoms with Crippen molar-refractivity contribution in [2.24, 2.45) is 10.7 Å². The second kappa shape index (κ2) is 7.41. The normalized spacial score (nSPS) is 12.3. The Labute approximate surface area is 130 Å². The first kappa shape index (κ1) is 17.4. The summed E-state index contributed by atoms with van der Waals surface area (Å²) in [6, 6.07) is 6.18. The largest absolute Gasteiger partial charge is 0.386 e. The molecule has 2 unspecified atom stereocenters. The van der Waals surface area contributed by atoms with Gasteiger partial charge >= 0.3 is 0 Å². The van der Waals surface area contributed by atoms with Gasteiger partial charge in [0.1, 0.15) is 5.84 Å². The van der Waals surface area contributed by atoms with Crippen LogP contribution in [0, 0.1) is 25.2 Å². The number of hydrogen-bond acceptors (Lipinski definition) is 3. The Kier molecular flexibility index (Phi) is 6.46. The summed E-state index contributed by atoms with van der Waals surface area (Å²) in [5, 5.41) is 8.64. The maximum Gasteiger partial charge on any atom is 0.114 e. The maximum atomic E-state index is 8.64. The minimum atomic E-state index is 0.116. The van der Waals surface area contributed by atoms with Crippen LogP contribution < -0.4 is 5.73 Å². The van der Waals surface area contributed by atoms with E-state index in [1.54, 1.807) is 11.8 Å². The van der Waals surface area contributed by atoms with Crippen molar-refractivity contribution in [2.75, 3.05) is 5.75 Å². The van der Waals surface area contributed by atoms with Crippen LogP contribution in [0.2, 0.25) is 0 Å². The molecule has 0 aliphatic carbocycles. The number of nitriles is 1. The lowest BCUT2D eigenvalue weighted by Crippen LogP contribution is -2.09. The van der Waals surface area contributed by atoms with Crippen LogP contribution in [0.4, 0.5) is 5.69 Å². The van der Waals surface area contributed by atoms with Crippen molar-refractivity contribution in [2.45, 2.75) is 37.0 Å². The van der Waals surface area contributed by atoms with Crippen LogP contribution >= 0.6 is 30.2 Å². The van der Waals surface area contributed by atoms with Crippen LogP contribution in [0.5, 0.6) is 0 Å². The summed E-state index contributed by atoms with van der Waals surface area (Å²) in [6.45, 7) is 6.27. The van der Waals surface area contributed by atoms with Crippen LogP contribution in [-0.2, 0) is 0 Å². The molecule has 108 valence electrons. The fourth-order valence-corrected chi connectivity index (χ4v) is 3.05. The van der Waals surface area contributed by atoms with Gasteiger partial charge in [-0.05, 0) is 31.0 Å². The Morgan fingerprint density at radius 2 is 2.05 bits per heavy atom. The van der Waals surface area contributed by atoms with Gasteiger partial charge in [-0.3, -0.25) is 0 Å². The second-order valence-corrected chi connectivity index (χ2v) is 9.46. The van der Waals surface area contributed by atoms with Gasteiger partial charge < -0.3 is 5.73 Å². The SMILES string of the molecule is Cc1cc(C)c(SCC(C)(P)P)cc1N=C(N)CC#N. The zero-order chi connectivity index (χ0) is 15.3. The summed E-state index contributed by atoms with van der Waals surface area (Å²) in [7, 11) is 5.65. The number of amidine groups is 1. The molecule has 0 amide bonds. The molecule has 2 atom stereocenters. The first-order valence-corrected chi connectivity index (χ1v) is 8.39. The molecule has 0 spiro atoms. The van der Waals surface area contributed by atoms with E-state index < -0.39 is 0 Å². The molecule has 0 radical (unpaired) electrons. The number of nitrogens with two attached hydrogens (primary N) is 1. The molecule has 0 saturated heterocycles. The summed E-state index contributed by atoms with van der Waals surface area (Å²) in [5.74, 6) is 1.33. The van der Waals surface area contributed by atoms with E-state index in [2.05, 4.69) is 49.5 Å². The molecule has 2 N–H and O–H groups in total. The molecular formula is C14H21N3P2S. The minimum Gasteiger partial charge on any atom is -0.386 e. The van der Waals surface area contributed by atoms with Gasteiger partial charge in [0, 0.05) is 15.5 Å². The Bertz CT molecular complexity index is 557. The highest BCUT2D eigenvalue weighted by atomic mass is 32.2. The summed E-state index contributed by atoms with van der Waals surface area (Å²) >= 11 is 1.80. The highest BCUT2D eigenvalue weighted by Crippen LogP contribution is 2.36. The lowest BCUT2D eigenvalue weighted by molar-refractivity contribution is 1.05. The Morgan fingerprint density at radius 1 is 1.40 bits per heavy atom. The molecule has 3 nitrogen and oxygen atoms in total. The zero-order valence-corrected chi connectivity index (χ0v) is 15.2. The molecule has 0 saturated carbocycles. The van der Waals surface area contributed by atoms with E-state index in [0.29, 0.717) is 5.84 Å². The van der Waals surface area contributed by atoms with Crippen molar-refractivity contribution in [3.05, 3.63) is 23.3 Å². The molecule has 0 aromatic heterocycles. The van der Waals surface area contributed by atoms with E-state index in [-0.39, 0.29) is 11.3 Å². The van der Waals surface area contributed by atoms with Crippen LogP contribution in [0.1, 0.15) is 24.5 Å². The third-order valence-corrected chi connectivity index (χ3v) is 5.07. The standard InChI is InChI=1S/C14H21N3P2S/c1-9-6-10(2)12(20-8-14(3,18)19)7-11(9)17-13(16)4-5-15/h6-7H,4,8,18-19H2,1-3H3,(H2,16,17). The Hall–Kier alpha value is -0.610. The third kappa shape index (κ3) is 5.80. The number of aryl methyl sites for hydroxylation is 2. The fourth-order valence-electron chi connectivity index (χ4n) is 1.61. The number of benzene rings is 1. The summed E-state index contributed by atoms with van der Waals surface area (Å²) in [6.07, 6.45) is 0.158. The number of nitrogens with zero attached hydrogens (tertiary/aromatic N) is 2. The molecule has 0 aliphatic heterocycles.